The molecule has 3 heteroatoms. The number of hydrogen-bond donors (Lipinski definition) is 1. The molecule has 0 radical (unpaired) electrons. The molecule has 0 aromatic rings. The Morgan fingerprint density at radius 2 is 2.06 bits per heavy atom. The van der Waals surface area contributed by atoms with E-state index in [0.29, 0.717) is 19.1 Å². The van der Waals surface area contributed by atoms with Crippen molar-refractivity contribution in [2.75, 3.05) is 19.6 Å². The summed E-state index contributed by atoms with van der Waals surface area (Å²) >= 11 is 0. The number of rotatable bonds is 5. The lowest BCUT2D eigenvalue weighted by atomic mass is 9.96. The number of carbonyl (C=O) groups is 1. The summed E-state index contributed by atoms with van der Waals surface area (Å²) < 4.78 is 0. The van der Waals surface area contributed by atoms with Crippen LogP contribution in [0.25, 0.3) is 0 Å². The van der Waals surface area contributed by atoms with Crippen LogP contribution >= 0.6 is 0 Å². The Labute approximate surface area is 104 Å². The zero-order valence-electron chi connectivity index (χ0n) is 10.7. The molecule has 0 aromatic heterocycles. The van der Waals surface area contributed by atoms with Crippen molar-refractivity contribution < 1.29 is 4.79 Å². The van der Waals surface area contributed by atoms with E-state index in [4.69, 9.17) is 0 Å². The fourth-order valence-corrected chi connectivity index (χ4v) is 3.32. The summed E-state index contributed by atoms with van der Waals surface area (Å²) in [4.78, 5) is 14.2. The minimum Gasteiger partial charge on any atom is -0.338 e. The number of likely N-dealkylation sites (tertiary alicyclic amines) is 1. The third kappa shape index (κ3) is 3.09. The number of amides is 1. The average Bonchev–Trinajstić information content (AvgIpc) is 2.99. The van der Waals surface area contributed by atoms with Gasteiger partial charge in [0.2, 0.25) is 5.91 Å². The summed E-state index contributed by atoms with van der Waals surface area (Å²) in [5.74, 6) is 1.06. The van der Waals surface area contributed by atoms with E-state index in [-0.39, 0.29) is 5.91 Å². The Balaban J connectivity index is 1.85. The second-order valence-corrected chi connectivity index (χ2v) is 5.26. The lowest BCUT2D eigenvalue weighted by molar-refractivity contribution is -0.131. The second kappa shape index (κ2) is 6.20. The molecule has 1 aliphatic carbocycles. The van der Waals surface area contributed by atoms with E-state index in [1.54, 1.807) is 6.08 Å². The number of nitrogens with one attached hydrogen (secondary N) is 1. The van der Waals surface area contributed by atoms with Crippen LogP contribution in [-0.4, -0.2) is 36.5 Å². The highest BCUT2D eigenvalue weighted by Gasteiger charge is 2.35. The van der Waals surface area contributed by atoms with Crippen molar-refractivity contribution in [1.29, 1.82) is 0 Å². The Morgan fingerprint density at radius 1 is 1.29 bits per heavy atom. The Bertz CT molecular complexity index is 271. The molecule has 2 aliphatic rings. The van der Waals surface area contributed by atoms with Crippen molar-refractivity contribution >= 4 is 5.91 Å². The van der Waals surface area contributed by atoms with Crippen LogP contribution in [0.1, 0.15) is 38.5 Å². The Hall–Kier alpha value is -0.830. The first-order chi connectivity index (χ1) is 8.33. The number of carbonyl (C=O) groups excluding carboxylic acids is 1. The fraction of sp³-hybridized carbons (Fsp3) is 0.786. The Morgan fingerprint density at radius 3 is 2.76 bits per heavy atom. The maximum absolute atomic E-state index is 12.1. The van der Waals surface area contributed by atoms with Crippen molar-refractivity contribution in [3.8, 4) is 0 Å². The molecule has 2 rings (SSSR count). The quantitative estimate of drug-likeness (QED) is 0.584. The zero-order valence-corrected chi connectivity index (χ0v) is 10.7. The van der Waals surface area contributed by atoms with Gasteiger partial charge in [-0.1, -0.05) is 18.9 Å². The molecule has 3 nitrogen and oxygen atoms in total. The van der Waals surface area contributed by atoms with Gasteiger partial charge in [-0.3, -0.25) is 4.79 Å². The molecular weight excluding hydrogens is 212 g/mol. The molecular formula is C14H24N2O. The molecule has 1 heterocycles. The molecule has 0 spiro atoms. The fourth-order valence-electron chi connectivity index (χ4n) is 3.32. The van der Waals surface area contributed by atoms with E-state index in [0.717, 1.165) is 12.5 Å². The molecule has 1 N–H and O–H groups in total. The highest BCUT2D eigenvalue weighted by Crippen LogP contribution is 2.35. The van der Waals surface area contributed by atoms with Crippen molar-refractivity contribution in [2.45, 2.75) is 44.6 Å². The number of nitrogens with zero attached hydrogens (tertiary/aromatic N) is 1. The van der Waals surface area contributed by atoms with Crippen molar-refractivity contribution in [2.24, 2.45) is 5.92 Å². The van der Waals surface area contributed by atoms with Gasteiger partial charge in [0.15, 0.2) is 0 Å². The summed E-state index contributed by atoms with van der Waals surface area (Å²) in [6.45, 7) is 5.80. The molecule has 1 saturated heterocycles. The van der Waals surface area contributed by atoms with E-state index < -0.39 is 0 Å². The van der Waals surface area contributed by atoms with E-state index in [2.05, 4.69) is 16.8 Å². The lowest BCUT2D eigenvalue weighted by Gasteiger charge is -2.29. The van der Waals surface area contributed by atoms with E-state index in [9.17, 15) is 4.79 Å². The maximum atomic E-state index is 12.1. The largest absolute Gasteiger partial charge is 0.338 e. The molecule has 1 saturated carbocycles. The first-order valence-electron chi connectivity index (χ1n) is 6.94. The normalized spacial score (nSPS) is 25.4. The average molecular weight is 236 g/mol. The number of hydrogen-bond acceptors (Lipinski definition) is 2. The van der Waals surface area contributed by atoms with Crippen LogP contribution in [-0.2, 0) is 4.79 Å². The zero-order chi connectivity index (χ0) is 12.1. The van der Waals surface area contributed by atoms with Gasteiger partial charge in [-0.05, 0) is 31.6 Å². The van der Waals surface area contributed by atoms with Crippen LogP contribution < -0.4 is 5.32 Å². The minimum atomic E-state index is 0.279. The van der Waals surface area contributed by atoms with Gasteiger partial charge in [0.1, 0.15) is 0 Å². The summed E-state index contributed by atoms with van der Waals surface area (Å²) in [6.07, 6.45) is 9.58. The molecule has 1 atom stereocenters. The molecule has 1 amide bonds. The first-order valence-corrected chi connectivity index (χ1v) is 6.94. The van der Waals surface area contributed by atoms with Gasteiger partial charge in [-0.15, -0.1) is 6.58 Å². The molecule has 96 valence electrons. The van der Waals surface area contributed by atoms with E-state index >= 15 is 0 Å². The van der Waals surface area contributed by atoms with Gasteiger partial charge in [-0.2, -0.15) is 0 Å². The maximum Gasteiger partial charge on any atom is 0.236 e. The highest BCUT2D eigenvalue weighted by atomic mass is 16.2. The van der Waals surface area contributed by atoms with Gasteiger partial charge >= 0.3 is 0 Å². The predicted octanol–water partition coefficient (Wildman–Crippen LogP) is 1.94. The lowest BCUT2D eigenvalue weighted by Crippen LogP contribution is -2.43. The summed E-state index contributed by atoms with van der Waals surface area (Å²) in [5.41, 5.74) is 0. The third-order valence-corrected chi connectivity index (χ3v) is 4.13. The van der Waals surface area contributed by atoms with Crippen molar-refractivity contribution in [1.82, 2.24) is 10.2 Å². The van der Waals surface area contributed by atoms with E-state index in [1.807, 2.05) is 0 Å². The van der Waals surface area contributed by atoms with Crippen LogP contribution in [0, 0.1) is 5.92 Å². The van der Waals surface area contributed by atoms with Crippen LogP contribution in [0.15, 0.2) is 12.7 Å². The molecule has 17 heavy (non-hydrogen) atoms. The van der Waals surface area contributed by atoms with Gasteiger partial charge in [0, 0.05) is 19.1 Å². The molecule has 1 unspecified atom stereocenters. The standard InChI is InChI=1S/C14H24N2O/c1-2-9-15-11-14(17)16-10-5-8-13(16)12-6-3-4-7-12/h2,12-13,15H,1,3-11H2. The van der Waals surface area contributed by atoms with Crippen LogP contribution in [0.5, 0.6) is 0 Å². The molecule has 2 fully saturated rings. The molecule has 0 bridgehead atoms. The summed E-state index contributed by atoms with van der Waals surface area (Å²) in [6, 6.07) is 0.538. The highest BCUT2D eigenvalue weighted by molar-refractivity contribution is 5.79. The van der Waals surface area contributed by atoms with Gasteiger partial charge in [0.05, 0.1) is 6.54 Å². The van der Waals surface area contributed by atoms with E-state index in [1.165, 1.54) is 38.5 Å². The Kier molecular flexibility index (Phi) is 4.60. The monoisotopic (exact) mass is 236 g/mol. The van der Waals surface area contributed by atoms with Gasteiger partial charge in [-0.25, -0.2) is 0 Å². The SMILES string of the molecule is C=CCNCC(=O)N1CCCC1C1CCCC1. The predicted molar refractivity (Wildman–Crippen MR) is 69.8 cm³/mol. The molecule has 0 aromatic carbocycles. The second-order valence-electron chi connectivity index (χ2n) is 5.26. The topological polar surface area (TPSA) is 32.3 Å². The molecule has 1 aliphatic heterocycles. The van der Waals surface area contributed by atoms with Crippen molar-refractivity contribution in [3.05, 3.63) is 12.7 Å². The summed E-state index contributed by atoms with van der Waals surface area (Å²) in [5, 5.41) is 3.11. The van der Waals surface area contributed by atoms with Gasteiger partial charge in [0.25, 0.3) is 0 Å². The van der Waals surface area contributed by atoms with Gasteiger partial charge < -0.3 is 10.2 Å². The third-order valence-electron chi connectivity index (χ3n) is 4.13. The minimum absolute atomic E-state index is 0.279. The van der Waals surface area contributed by atoms with Crippen LogP contribution in [0.2, 0.25) is 0 Å². The van der Waals surface area contributed by atoms with Crippen LogP contribution in [0.3, 0.4) is 0 Å². The van der Waals surface area contributed by atoms with Crippen molar-refractivity contribution in [3.63, 3.8) is 0 Å². The first kappa shape index (κ1) is 12.6. The summed E-state index contributed by atoms with van der Waals surface area (Å²) in [7, 11) is 0. The smallest absolute Gasteiger partial charge is 0.236 e. The van der Waals surface area contributed by atoms with Crippen LogP contribution in [0.4, 0.5) is 0 Å².